The zero-order valence-corrected chi connectivity index (χ0v) is 16.6. The number of carbonyl (C=O) groups is 2. The highest BCUT2D eigenvalue weighted by atomic mass is 32.1. The summed E-state index contributed by atoms with van der Waals surface area (Å²) < 4.78 is 4.97. The summed E-state index contributed by atoms with van der Waals surface area (Å²) in [6.45, 7) is 6.13. The van der Waals surface area contributed by atoms with Crippen LogP contribution in [0.25, 0.3) is 0 Å². The molecule has 1 aromatic carbocycles. The second-order valence-corrected chi connectivity index (χ2v) is 8.11. The molecule has 3 rings (SSSR count). The molecule has 138 valence electrons. The number of anilines is 1. The third kappa shape index (κ3) is 3.68. The number of fused-ring (bicyclic) bond motifs is 1. The van der Waals surface area contributed by atoms with Gasteiger partial charge in [-0.25, -0.2) is 4.79 Å². The third-order valence-corrected chi connectivity index (χ3v) is 6.20. The number of nitrogens with one attached hydrogen (secondary N) is 1. The first-order valence-electron chi connectivity index (χ1n) is 9.00. The van der Waals surface area contributed by atoms with Crippen molar-refractivity contribution in [1.82, 2.24) is 0 Å². The lowest BCUT2D eigenvalue weighted by atomic mass is 9.95. The Morgan fingerprint density at radius 2 is 1.77 bits per heavy atom. The summed E-state index contributed by atoms with van der Waals surface area (Å²) in [4.78, 5) is 26.2. The molecule has 4 nitrogen and oxygen atoms in total. The minimum absolute atomic E-state index is 0.0937. The Hall–Kier alpha value is -2.14. The third-order valence-electron chi connectivity index (χ3n) is 4.99. The van der Waals surface area contributed by atoms with E-state index < -0.39 is 0 Å². The summed E-state index contributed by atoms with van der Waals surface area (Å²) in [5.41, 5.74) is 6.11. The molecule has 1 aromatic heterocycles. The van der Waals surface area contributed by atoms with E-state index in [0.717, 1.165) is 47.9 Å². The average Bonchev–Trinajstić information content (AvgIpc) is 2.95. The Morgan fingerprint density at radius 1 is 1.12 bits per heavy atom. The maximum absolute atomic E-state index is 12.7. The standard InChI is InChI=1S/C21H25NO3S/c1-12-9-13(2)16(14(3)10-12)11-18(23)22-20-19(21(24)25-4)15-7-5-6-8-17(15)26-20/h9-10H,5-8,11H2,1-4H3,(H,22,23). The molecule has 1 aliphatic rings. The van der Waals surface area contributed by atoms with Crippen LogP contribution in [0.15, 0.2) is 12.1 Å². The summed E-state index contributed by atoms with van der Waals surface area (Å²) in [6, 6.07) is 4.19. The summed E-state index contributed by atoms with van der Waals surface area (Å²) in [5.74, 6) is -0.453. The van der Waals surface area contributed by atoms with Crippen LogP contribution in [0.4, 0.5) is 5.00 Å². The lowest BCUT2D eigenvalue weighted by Gasteiger charge is -2.12. The second-order valence-electron chi connectivity index (χ2n) is 7.01. The zero-order chi connectivity index (χ0) is 18.8. The molecule has 1 aliphatic carbocycles. The minimum atomic E-state index is -0.359. The van der Waals surface area contributed by atoms with Gasteiger partial charge in [0.25, 0.3) is 0 Å². The first-order chi connectivity index (χ1) is 12.4. The fourth-order valence-electron chi connectivity index (χ4n) is 3.79. The molecule has 0 aliphatic heterocycles. The van der Waals surface area contributed by atoms with Gasteiger partial charge in [0.05, 0.1) is 19.1 Å². The number of carbonyl (C=O) groups excluding carboxylic acids is 2. The van der Waals surface area contributed by atoms with E-state index in [2.05, 4.69) is 24.4 Å². The van der Waals surface area contributed by atoms with Crippen molar-refractivity contribution in [1.29, 1.82) is 0 Å². The first kappa shape index (κ1) is 18.6. The number of hydrogen-bond acceptors (Lipinski definition) is 4. The average molecular weight is 372 g/mol. The molecule has 0 atom stereocenters. The van der Waals surface area contributed by atoms with Crippen LogP contribution < -0.4 is 5.32 Å². The van der Waals surface area contributed by atoms with Gasteiger partial charge in [-0.3, -0.25) is 4.79 Å². The molecular weight excluding hydrogens is 346 g/mol. The van der Waals surface area contributed by atoms with Crippen LogP contribution in [0.2, 0.25) is 0 Å². The van der Waals surface area contributed by atoms with E-state index in [-0.39, 0.29) is 11.9 Å². The van der Waals surface area contributed by atoms with E-state index >= 15 is 0 Å². The molecule has 0 saturated heterocycles. The molecule has 0 spiro atoms. The van der Waals surface area contributed by atoms with Crippen LogP contribution in [-0.2, 0) is 28.8 Å². The Balaban J connectivity index is 1.86. The fourth-order valence-corrected chi connectivity index (χ4v) is 5.09. The molecule has 1 N–H and O–H groups in total. The number of amides is 1. The first-order valence-corrected chi connectivity index (χ1v) is 9.81. The second kappa shape index (κ2) is 7.62. The smallest absolute Gasteiger partial charge is 0.341 e. The number of rotatable bonds is 4. The predicted octanol–water partition coefficient (Wildman–Crippen LogP) is 4.52. The lowest BCUT2D eigenvalue weighted by Crippen LogP contribution is -2.17. The van der Waals surface area contributed by atoms with Crippen LogP contribution >= 0.6 is 11.3 Å². The molecule has 5 heteroatoms. The maximum atomic E-state index is 12.7. The van der Waals surface area contributed by atoms with Crippen molar-refractivity contribution < 1.29 is 14.3 Å². The van der Waals surface area contributed by atoms with E-state index in [1.807, 2.05) is 13.8 Å². The highest BCUT2D eigenvalue weighted by Gasteiger charge is 2.27. The van der Waals surface area contributed by atoms with Crippen molar-refractivity contribution in [2.24, 2.45) is 0 Å². The van der Waals surface area contributed by atoms with Crippen molar-refractivity contribution in [2.45, 2.75) is 52.9 Å². The van der Waals surface area contributed by atoms with E-state index in [1.165, 1.54) is 28.9 Å². The largest absolute Gasteiger partial charge is 0.465 e. The number of esters is 1. The van der Waals surface area contributed by atoms with E-state index in [4.69, 9.17) is 4.74 Å². The van der Waals surface area contributed by atoms with Crippen molar-refractivity contribution >= 4 is 28.2 Å². The molecule has 0 radical (unpaired) electrons. The van der Waals surface area contributed by atoms with Crippen LogP contribution in [0.3, 0.4) is 0 Å². The SMILES string of the molecule is COC(=O)c1c(NC(=O)Cc2c(C)cc(C)cc2C)sc2c1CCCC2. The summed E-state index contributed by atoms with van der Waals surface area (Å²) in [7, 11) is 1.39. The Kier molecular flexibility index (Phi) is 5.47. The normalized spacial score (nSPS) is 13.2. The molecule has 26 heavy (non-hydrogen) atoms. The summed E-state index contributed by atoms with van der Waals surface area (Å²) in [6.07, 6.45) is 4.35. The number of ether oxygens (including phenoxy) is 1. The Bertz CT molecular complexity index is 843. The number of aryl methyl sites for hydroxylation is 4. The van der Waals surface area contributed by atoms with Gasteiger partial charge in [-0.05, 0) is 68.7 Å². The maximum Gasteiger partial charge on any atom is 0.341 e. The molecule has 2 aromatic rings. The van der Waals surface area contributed by atoms with Crippen LogP contribution in [0, 0.1) is 20.8 Å². The van der Waals surface area contributed by atoms with Gasteiger partial charge in [-0.15, -0.1) is 11.3 Å². The van der Waals surface area contributed by atoms with Crippen molar-refractivity contribution in [2.75, 3.05) is 12.4 Å². The summed E-state index contributed by atoms with van der Waals surface area (Å²) >= 11 is 1.52. The van der Waals surface area contributed by atoms with E-state index in [0.29, 0.717) is 17.0 Å². The fraction of sp³-hybridized carbons (Fsp3) is 0.429. The Morgan fingerprint density at radius 3 is 2.42 bits per heavy atom. The number of benzene rings is 1. The van der Waals surface area contributed by atoms with Gasteiger partial charge in [0.2, 0.25) is 5.91 Å². The molecule has 0 fully saturated rings. The van der Waals surface area contributed by atoms with Gasteiger partial charge in [-0.2, -0.15) is 0 Å². The van der Waals surface area contributed by atoms with Crippen LogP contribution in [0.5, 0.6) is 0 Å². The lowest BCUT2D eigenvalue weighted by molar-refractivity contribution is -0.115. The van der Waals surface area contributed by atoms with Gasteiger partial charge < -0.3 is 10.1 Å². The highest BCUT2D eigenvalue weighted by Crippen LogP contribution is 2.38. The molecule has 0 bridgehead atoms. The van der Waals surface area contributed by atoms with Gasteiger partial charge in [0.1, 0.15) is 5.00 Å². The van der Waals surface area contributed by atoms with E-state index in [1.54, 1.807) is 0 Å². The molecule has 1 heterocycles. The van der Waals surface area contributed by atoms with Crippen molar-refractivity contribution in [3.05, 3.63) is 50.4 Å². The van der Waals surface area contributed by atoms with Crippen molar-refractivity contribution in [3.63, 3.8) is 0 Å². The van der Waals surface area contributed by atoms with Gasteiger partial charge >= 0.3 is 5.97 Å². The Labute approximate surface area is 158 Å². The predicted molar refractivity (Wildman–Crippen MR) is 105 cm³/mol. The molecular formula is C21H25NO3S. The van der Waals surface area contributed by atoms with E-state index in [9.17, 15) is 9.59 Å². The van der Waals surface area contributed by atoms with Crippen LogP contribution in [-0.4, -0.2) is 19.0 Å². The molecule has 1 amide bonds. The van der Waals surface area contributed by atoms with Crippen molar-refractivity contribution in [3.8, 4) is 0 Å². The summed E-state index contributed by atoms with van der Waals surface area (Å²) in [5, 5.41) is 3.61. The zero-order valence-electron chi connectivity index (χ0n) is 15.8. The quantitative estimate of drug-likeness (QED) is 0.804. The number of hydrogen-bond donors (Lipinski definition) is 1. The van der Waals surface area contributed by atoms with Gasteiger partial charge in [-0.1, -0.05) is 17.7 Å². The monoisotopic (exact) mass is 371 g/mol. The number of thiophene rings is 1. The molecule has 0 unspecified atom stereocenters. The van der Waals surface area contributed by atoms with Crippen LogP contribution in [0.1, 0.15) is 55.9 Å². The van der Waals surface area contributed by atoms with Gasteiger partial charge in [0, 0.05) is 4.88 Å². The topological polar surface area (TPSA) is 55.4 Å². The molecule has 0 saturated carbocycles. The van der Waals surface area contributed by atoms with Gasteiger partial charge in [0.15, 0.2) is 0 Å². The number of methoxy groups -OCH3 is 1. The minimum Gasteiger partial charge on any atom is -0.465 e. The highest BCUT2D eigenvalue weighted by molar-refractivity contribution is 7.17.